The molecule has 0 atom stereocenters. The standard InChI is InChI=1S/C11H15NO4/c1-12-11(13)7-5-9(15-3)10(16-4)6-8(7)14-2/h5-6H,1-4H3,(H,12,13). The SMILES string of the molecule is CNC(=O)c1cc(OC)c(OC)cc1OC. The Morgan fingerprint density at radius 3 is 1.94 bits per heavy atom. The van der Waals surface area contributed by atoms with Crippen molar-refractivity contribution in [2.45, 2.75) is 0 Å². The van der Waals surface area contributed by atoms with E-state index in [1.807, 2.05) is 0 Å². The van der Waals surface area contributed by atoms with Gasteiger partial charge in [-0.25, -0.2) is 0 Å². The van der Waals surface area contributed by atoms with Crippen molar-refractivity contribution in [3.05, 3.63) is 17.7 Å². The topological polar surface area (TPSA) is 56.8 Å². The molecule has 0 heterocycles. The molecule has 0 aromatic heterocycles. The summed E-state index contributed by atoms with van der Waals surface area (Å²) in [6.45, 7) is 0. The van der Waals surface area contributed by atoms with Crippen LogP contribution in [0.15, 0.2) is 12.1 Å². The van der Waals surface area contributed by atoms with E-state index in [4.69, 9.17) is 14.2 Å². The number of nitrogens with one attached hydrogen (secondary N) is 1. The van der Waals surface area contributed by atoms with Gasteiger partial charge in [-0.2, -0.15) is 0 Å². The molecule has 1 amide bonds. The van der Waals surface area contributed by atoms with E-state index in [1.165, 1.54) is 21.3 Å². The third-order valence-corrected chi connectivity index (χ3v) is 2.18. The van der Waals surface area contributed by atoms with Gasteiger partial charge in [0.2, 0.25) is 0 Å². The molecule has 5 nitrogen and oxygen atoms in total. The first kappa shape index (κ1) is 12.2. The number of amides is 1. The Morgan fingerprint density at radius 1 is 1.00 bits per heavy atom. The van der Waals surface area contributed by atoms with Crippen LogP contribution in [0, 0.1) is 0 Å². The first-order valence-electron chi connectivity index (χ1n) is 4.70. The van der Waals surface area contributed by atoms with Crippen LogP contribution in [-0.2, 0) is 0 Å². The molecule has 88 valence electrons. The van der Waals surface area contributed by atoms with Gasteiger partial charge in [0.25, 0.3) is 5.91 Å². The molecular weight excluding hydrogens is 210 g/mol. The summed E-state index contributed by atoms with van der Waals surface area (Å²) < 4.78 is 15.3. The molecule has 0 bridgehead atoms. The molecule has 1 rings (SSSR count). The summed E-state index contributed by atoms with van der Waals surface area (Å²) in [7, 11) is 6.08. The Bertz CT molecular complexity index is 390. The molecule has 0 aliphatic rings. The fourth-order valence-electron chi connectivity index (χ4n) is 1.34. The van der Waals surface area contributed by atoms with Gasteiger partial charge in [0, 0.05) is 19.2 Å². The van der Waals surface area contributed by atoms with Gasteiger partial charge in [-0.3, -0.25) is 4.79 Å². The summed E-state index contributed by atoms with van der Waals surface area (Å²) in [6, 6.07) is 3.19. The minimum absolute atomic E-state index is 0.238. The quantitative estimate of drug-likeness (QED) is 0.832. The Morgan fingerprint density at radius 2 is 1.50 bits per heavy atom. The van der Waals surface area contributed by atoms with Crippen LogP contribution in [0.25, 0.3) is 0 Å². The van der Waals surface area contributed by atoms with E-state index in [1.54, 1.807) is 19.2 Å². The molecule has 0 saturated heterocycles. The fraction of sp³-hybridized carbons (Fsp3) is 0.364. The lowest BCUT2D eigenvalue weighted by Crippen LogP contribution is -2.18. The Balaban J connectivity index is 3.31. The molecule has 1 aromatic carbocycles. The van der Waals surface area contributed by atoms with Gasteiger partial charge in [0.05, 0.1) is 26.9 Å². The van der Waals surface area contributed by atoms with E-state index in [-0.39, 0.29) is 5.91 Å². The van der Waals surface area contributed by atoms with Crippen LogP contribution in [0.1, 0.15) is 10.4 Å². The van der Waals surface area contributed by atoms with Crippen LogP contribution in [-0.4, -0.2) is 34.3 Å². The molecule has 0 aliphatic carbocycles. The highest BCUT2D eigenvalue weighted by Crippen LogP contribution is 2.34. The van der Waals surface area contributed by atoms with Gasteiger partial charge in [-0.1, -0.05) is 0 Å². The number of benzene rings is 1. The molecule has 0 aliphatic heterocycles. The van der Waals surface area contributed by atoms with Crippen molar-refractivity contribution >= 4 is 5.91 Å². The van der Waals surface area contributed by atoms with Gasteiger partial charge in [-0.15, -0.1) is 0 Å². The highest BCUT2D eigenvalue weighted by molar-refractivity contribution is 5.97. The van der Waals surface area contributed by atoms with Gasteiger partial charge in [0.1, 0.15) is 5.75 Å². The van der Waals surface area contributed by atoms with Crippen molar-refractivity contribution in [1.82, 2.24) is 5.32 Å². The summed E-state index contributed by atoms with van der Waals surface area (Å²) in [5, 5.41) is 2.53. The fourth-order valence-corrected chi connectivity index (χ4v) is 1.34. The van der Waals surface area contributed by atoms with E-state index in [0.29, 0.717) is 22.8 Å². The van der Waals surface area contributed by atoms with E-state index in [9.17, 15) is 4.79 Å². The van der Waals surface area contributed by atoms with Crippen molar-refractivity contribution in [2.75, 3.05) is 28.4 Å². The van der Waals surface area contributed by atoms with Gasteiger partial charge < -0.3 is 19.5 Å². The van der Waals surface area contributed by atoms with Crippen LogP contribution < -0.4 is 19.5 Å². The van der Waals surface area contributed by atoms with Crippen molar-refractivity contribution in [3.63, 3.8) is 0 Å². The van der Waals surface area contributed by atoms with Crippen LogP contribution in [0.3, 0.4) is 0 Å². The maximum Gasteiger partial charge on any atom is 0.254 e. The van der Waals surface area contributed by atoms with Gasteiger partial charge >= 0.3 is 0 Å². The molecule has 0 spiro atoms. The highest BCUT2D eigenvalue weighted by Gasteiger charge is 2.16. The Labute approximate surface area is 94.3 Å². The molecule has 0 radical (unpaired) electrons. The first-order valence-corrected chi connectivity index (χ1v) is 4.70. The minimum atomic E-state index is -0.238. The molecule has 0 fully saturated rings. The lowest BCUT2D eigenvalue weighted by molar-refractivity contribution is 0.0959. The number of carbonyl (C=O) groups is 1. The zero-order chi connectivity index (χ0) is 12.1. The van der Waals surface area contributed by atoms with Crippen LogP contribution >= 0.6 is 0 Å². The second-order valence-corrected chi connectivity index (χ2v) is 2.99. The monoisotopic (exact) mass is 225 g/mol. The predicted molar refractivity (Wildman–Crippen MR) is 59.5 cm³/mol. The molecular formula is C11H15NO4. The molecule has 0 saturated carbocycles. The molecule has 1 N–H and O–H groups in total. The van der Waals surface area contributed by atoms with E-state index in [2.05, 4.69) is 5.32 Å². The molecule has 0 unspecified atom stereocenters. The summed E-state index contributed by atoms with van der Waals surface area (Å²) >= 11 is 0. The third-order valence-electron chi connectivity index (χ3n) is 2.18. The summed E-state index contributed by atoms with van der Waals surface area (Å²) in [5.41, 5.74) is 0.405. The first-order chi connectivity index (χ1) is 7.67. The number of carbonyl (C=O) groups excluding carboxylic acids is 1. The van der Waals surface area contributed by atoms with Crippen LogP contribution in [0.5, 0.6) is 17.2 Å². The van der Waals surface area contributed by atoms with Gasteiger partial charge in [0.15, 0.2) is 11.5 Å². The number of rotatable bonds is 4. The molecule has 5 heteroatoms. The minimum Gasteiger partial charge on any atom is -0.496 e. The summed E-state index contributed by atoms with van der Waals surface area (Å²) in [6.07, 6.45) is 0. The number of hydrogen-bond acceptors (Lipinski definition) is 4. The Hall–Kier alpha value is -1.91. The lowest BCUT2D eigenvalue weighted by Gasteiger charge is -2.12. The summed E-state index contributed by atoms with van der Waals surface area (Å²) in [5.74, 6) is 1.21. The highest BCUT2D eigenvalue weighted by atomic mass is 16.5. The second kappa shape index (κ2) is 5.25. The lowest BCUT2D eigenvalue weighted by atomic mass is 10.1. The third kappa shape index (κ3) is 2.18. The van der Waals surface area contributed by atoms with Crippen molar-refractivity contribution in [2.24, 2.45) is 0 Å². The van der Waals surface area contributed by atoms with Crippen molar-refractivity contribution in [3.8, 4) is 17.2 Å². The zero-order valence-electron chi connectivity index (χ0n) is 9.79. The smallest absolute Gasteiger partial charge is 0.254 e. The number of ether oxygens (including phenoxy) is 3. The normalized spacial score (nSPS) is 9.50. The maximum atomic E-state index is 11.6. The number of methoxy groups -OCH3 is 3. The average molecular weight is 225 g/mol. The average Bonchev–Trinajstić information content (AvgIpc) is 2.35. The Kier molecular flexibility index (Phi) is 3.99. The largest absolute Gasteiger partial charge is 0.496 e. The van der Waals surface area contributed by atoms with Crippen LogP contribution in [0.2, 0.25) is 0 Å². The van der Waals surface area contributed by atoms with E-state index in [0.717, 1.165) is 0 Å². The van der Waals surface area contributed by atoms with Gasteiger partial charge in [-0.05, 0) is 0 Å². The van der Waals surface area contributed by atoms with E-state index >= 15 is 0 Å². The van der Waals surface area contributed by atoms with Crippen molar-refractivity contribution in [1.29, 1.82) is 0 Å². The molecule has 1 aromatic rings. The van der Waals surface area contributed by atoms with E-state index < -0.39 is 0 Å². The molecule has 16 heavy (non-hydrogen) atoms. The summed E-state index contributed by atoms with van der Waals surface area (Å²) in [4.78, 5) is 11.6. The maximum absolute atomic E-state index is 11.6. The predicted octanol–water partition coefficient (Wildman–Crippen LogP) is 1.07. The zero-order valence-corrected chi connectivity index (χ0v) is 9.79. The number of hydrogen-bond donors (Lipinski definition) is 1. The second-order valence-electron chi connectivity index (χ2n) is 2.99. The van der Waals surface area contributed by atoms with Crippen LogP contribution in [0.4, 0.5) is 0 Å². The van der Waals surface area contributed by atoms with Crippen molar-refractivity contribution < 1.29 is 19.0 Å².